The van der Waals surface area contributed by atoms with Crippen LogP contribution in [0.5, 0.6) is 11.5 Å². The quantitative estimate of drug-likeness (QED) is 0.484. The average molecular weight is 424 g/mol. The first kappa shape index (κ1) is 22.5. The molecule has 9 heteroatoms. The third kappa shape index (κ3) is 4.92. The molecule has 0 radical (unpaired) electrons. The molecule has 1 saturated heterocycles. The number of ether oxygens (including phenoxy) is 4. The Morgan fingerprint density at radius 3 is 2.60 bits per heavy atom. The topological polar surface area (TPSA) is 135 Å². The van der Waals surface area contributed by atoms with Gasteiger partial charge in [-0.15, -0.1) is 0 Å². The van der Waals surface area contributed by atoms with Gasteiger partial charge < -0.3 is 34.3 Å². The molecule has 1 aromatic carbocycles. The van der Waals surface area contributed by atoms with E-state index in [2.05, 4.69) is 0 Å². The number of epoxide rings is 1. The number of Topliss-reactive ketones (excluding diaryl/α,β-unsaturated/α-hetero) is 1. The molecule has 30 heavy (non-hydrogen) atoms. The number of cyclic esters (lactones) is 1. The molecule has 6 atom stereocenters. The van der Waals surface area contributed by atoms with Crippen LogP contribution in [0, 0.1) is 0 Å². The van der Waals surface area contributed by atoms with Crippen LogP contribution in [-0.2, 0) is 19.0 Å². The smallest absolute Gasteiger partial charge is 0.342 e. The maximum atomic E-state index is 12.8. The van der Waals surface area contributed by atoms with E-state index < -0.39 is 48.4 Å². The van der Waals surface area contributed by atoms with Gasteiger partial charge in [0.1, 0.15) is 35.4 Å². The second-order valence-electron chi connectivity index (χ2n) is 7.65. The molecule has 1 aromatic rings. The molecule has 0 unspecified atom stereocenters. The summed E-state index contributed by atoms with van der Waals surface area (Å²) in [4.78, 5) is 25.2. The van der Waals surface area contributed by atoms with Gasteiger partial charge >= 0.3 is 5.97 Å². The number of phenols is 1. The van der Waals surface area contributed by atoms with Crippen LogP contribution in [0.25, 0.3) is 0 Å². The van der Waals surface area contributed by atoms with Crippen molar-refractivity contribution in [1.29, 1.82) is 0 Å². The molecule has 3 rings (SSSR count). The van der Waals surface area contributed by atoms with Crippen molar-refractivity contribution in [1.82, 2.24) is 0 Å². The fraction of sp³-hybridized carbons (Fsp3) is 0.619. The molecular formula is C21H28O9. The minimum absolute atomic E-state index is 0.0141. The second kappa shape index (κ2) is 9.30. The highest BCUT2D eigenvalue weighted by molar-refractivity contribution is 5.95. The first-order valence-electron chi connectivity index (χ1n) is 10.0. The van der Waals surface area contributed by atoms with Crippen LogP contribution in [0.15, 0.2) is 12.1 Å². The largest absolute Gasteiger partial charge is 0.507 e. The summed E-state index contributed by atoms with van der Waals surface area (Å²) in [5.74, 6) is -1.26. The van der Waals surface area contributed by atoms with Crippen LogP contribution in [0.3, 0.4) is 0 Å². The number of benzene rings is 1. The van der Waals surface area contributed by atoms with Gasteiger partial charge in [0.05, 0.1) is 25.4 Å². The monoisotopic (exact) mass is 424 g/mol. The summed E-state index contributed by atoms with van der Waals surface area (Å²) in [7, 11) is 1.43. The average Bonchev–Trinajstić information content (AvgIpc) is 3.44. The molecule has 3 N–H and O–H groups in total. The molecule has 2 aliphatic heterocycles. The predicted molar refractivity (Wildman–Crippen MR) is 103 cm³/mol. The molecule has 2 heterocycles. The van der Waals surface area contributed by atoms with Gasteiger partial charge in [-0.2, -0.15) is 0 Å². The first-order chi connectivity index (χ1) is 14.2. The summed E-state index contributed by atoms with van der Waals surface area (Å²) in [6, 6.07) is 2.88. The zero-order valence-electron chi connectivity index (χ0n) is 17.2. The first-order valence-corrected chi connectivity index (χ1v) is 10.0. The van der Waals surface area contributed by atoms with Gasteiger partial charge in [-0.05, 0) is 19.9 Å². The van der Waals surface area contributed by atoms with Crippen LogP contribution in [0.4, 0.5) is 0 Å². The van der Waals surface area contributed by atoms with Crippen molar-refractivity contribution in [3.05, 3.63) is 23.3 Å². The standard InChI is InChI=1S/C21H28O9/c1-4-28-12-5-10(2)29-21(26)18-13(6-11(27-3)7-14(18)22)20-17(30-20)9-16(24)19(25)15(23)8-12/h6-7,10,12,16-17,19-20,22,24-25H,4-5,8-9H2,1-3H3/t10-,12+,16-,17+,19+,20+/m0/s1. The number of hydrogen-bond acceptors (Lipinski definition) is 9. The number of hydrogen-bond donors (Lipinski definition) is 3. The zero-order valence-corrected chi connectivity index (χ0v) is 17.2. The minimum atomic E-state index is -1.57. The number of aromatic hydroxyl groups is 1. The maximum Gasteiger partial charge on any atom is 0.342 e. The van der Waals surface area contributed by atoms with Gasteiger partial charge in [-0.3, -0.25) is 4.79 Å². The van der Waals surface area contributed by atoms with Crippen molar-refractivity contribution in [2.24, 2.45) is 0 Å². The van der Waals surface area contributed by atoms with E-state index in [1.165, 1.54) is 13.2 Å². The van der Waals surface area contributed by atoms with Crippen molar-refractivity contribution < 1.29 is 43.9 Å². The predicted octanol–water partition coefficient (Wildman–Crippen LogP) is 1.27. The van der Waals surface area contributed by atoms with Crippen LogP contribution in [-0.4, -0.2) is 71.3 Å². The fourth-order valence-electron chi connectivity index (χ4n) is 3.81. The van der Waals surface area contributed by atoms with E-state index in [9.17, 15) is 24.9 Å². The molecule has 0 spiro atoms. The molecule has 166 valence electrons. The molecule has 2 aliphatic rings. The molecule has 0 bridgehead atoms. The number of rotatable bonds is 3. The van der Waals surface area contributed by atoms with Gasteiger partial charge in [0.2, 0.25) is 0 Å². The lowest BCUT2D eigenvalue weighted by atomic mass is 9.95. The minimum Gasteiger partial charge on any atom is -0.507 e. The lowest BCUT2D eigenvalue weighted by Gasteiger charge is -2.24. The third-order valence-electron chi connectivity index (χ3n) is 5.35. The van der Waals surface area contributed by atoms with E-state index in [0.717, 1.165) is 0 Å². The summed E-state index contributed by atoms with van der Waals surface area (Å²) in [5.41, 5.74) is 0.326. The summed E-state index contributed by atoms with van der Waals surface area (Å²) >= 11 is 0. The number of aliphatic hydroxyl groups is 2. The Morgan fingerprint density at radius 2 is 1.93 bits per heavy atom. The maximum absolute atomic E-state index is 12.8. The van der Waals surface area contributed by atoms with E-state index in [1.54, 1.807) is 19.9 Å². The number of ketones is 1. The Bertz CT molecular complexity index is 793. The van der Waals surface area contributed by atoms with E-state index in [0.29, 0.717) is 17.9 Å². The van der Waals surface area contributed by atoms with E-state index in [-0.39, 0.29) is 30.6 Å². The van der Waals surface area contributed by atoms with Gasteiger partial charge in [0, 0.05) is 37.5 Å². The number of carbonyl (C=O) groups is 2. The number of methoxy groups -OCH3 is 1. The van der Waals surface area contributed by atoms with Gasteiger partial charge in [-0.25, -0.2) is 4.79 Å². The SMILES string of the molecule is CCO[C@H]1CC(=O)[C@@H](O)[C@@H](O)C[C@H]2O[C@@H]2c2cc(OC)cc(O)c2C(=O)O[C@@H](C)C1. The van der Waals surface area contributed by atoms with Gasteiger partial charge in [-0.1, -0.05) is 0 Å². The summed E-state index contributed by atoms with van der Waals surface area (Å²) < 4.78 is 21.8. The Kier molecular flexibility index (Phi) is 6.97. The molecule has 0 saturated carbocycles. The van der Waals surface area contributed by atoms with Crippen molar-refractivity contribution in [2.75, 3.05) is 13.7 Å². The summed E-state index contributed by atoms with van der Waals surface area (Å²) in [6.45, 7) is 3.75. The molecular weight excluding hydrogens is 396 g/mol. The molecule has 0 aliphatic carbocycles. The molecule has 0 aromatic heterocycles. The summed E-state index contributed by atoms with van der Waals surface area (Å²) in [5, 5.41) is 31.0. The van der Waals surface area contributed by atoms with Crippen LogP contribution < -0.4 is 4.74 Å². The lowest BCUT2D eigenvalue weighted by Crippen LogP contribution is -2.38. The van der Waals surface area contributed by atoms with Crippen molar-refractivity contribution in [3.8, 4) is 11.5 Å². The van der Waals surface area contributed by atoms with Crippen molar-refractivity contribution in [2.45, 2.75) is 69.7 Å². The Labute approximate surface area is 174 Å². The number of fused-ring (bicyclic) bond motifs is 3. The van der Waals surface area contributed by atoms with E-state index in [1.807, 2.05) is 0 Å². The molecule has 1 fully saturated rings. The molecule has 9 nitrogen and oxygen atoms in total. The highest BCUT2D eigenvalue weighted by atomic mass is 16.6. The normalized spacial score (nSPS) is 32.4. The van der Waals surface area contributed by atoms with Crippen LogP contribution in [0.1, 0.15) is 55.1 Å². The molecule has 0 amide bonds. The van der Waals surface area contributed by atoms with E-state index >= 15 is 0 Å². The zero-order chi connectivity index (χ0) is 22.0. The second-order valence-corrected chi connectivity index (χ2v) is 7.65. The fourth-order valence-corrected chi connectivity index (χ4v) is 3.81. The van der Waals surface area contributed by atoms with Gasteiger partial charge in [0.25, 0.3) is 0 Å². The highest BCUT2D eigenvalue weighted by Crippen LogP contribution is 2.46. The van der Waals surface area contributed by atoms with Crippen molar-refractivity contribution >= 4 is 11.8 Å². The lowest BCUT2D eigenvalue weighted by molar-refractivity contribution is -0.136. The number of aliphatic hydroxyl groups excluding tert-OH is 2. The van der Waals surface area contributed by atoms with Crippen LogP contribution >= 0.6 is 0 Å². The Morgan fingerprint density at radius 1 is 1.20 bits per heavy atom. The van der Waals surface area contributed by atoms with Crippen molar-refractivity contribution in [3.63, 3.8) is 0 Å². The highest BCUT2D eigenvalue weighted by Gasteiger charge is 2.46. The van der Waals surface area contributed by atoms with E-state index in [4.69, 9.17) is 18.9 Å². The number of phenolic OH excluding ortho intramolecular Hbond substituents is 1. The van der Waals surface area contributed by atoms with Gasteiger partial charge in [0.15, 0.2) is 5.78 Å². The number of carbonyl (C=O) groups excluding carboxylic acids is 2. The third-order valence-corrected chi connectivity index (χ3v) is 5.35. The number of esters is 1. The Hall–Kier alpha value is -2.20. The Balaban J connectivity index is 1.96. The van der Waals surface area contributed by atoms with Crippen LogP contribution in [0.2, 0.25) is 0 Å². The summed E-state index contributed by atoms with van der Waals surface area (Å²) in [6.07, 6.45) is -5.20.